The monoisotopic (exact) mass is 388 g/mol. The van der Waals surface area contributed by atoms with E-state index in [0.29, 0.717) is 17.1 Å². The lowest BCUT2D eigenvalue weighted by Crippen LogP contribution is -2.14. The number of methoxy groups -OCH3 is 1. The van der Waals surface area contributed by atoms with Gasteiger partial charge in [-0.25, -0.2) is 9.97 Å². The number of amides is 1. The topological polar surface area (TPSA) is 76.1 Å². The third-order valence-electron chi connectivity index (χ3n) is 3.68. The zero-order valence-corrected chi connectivity index (χ0v) is 14.6. The second kappa shape index (κ2) is 7.95. The van der Waals surface area contributed by atoms with Crippen LogP contribution in [0.25, 0.3) is 0 Å². The van der Waals surface area contributed by atoms with E-state index in [1.54, 1.807) is 24.3 Å². The normalized spacial score (nSPS) is 11.0. The largest absolute Gasteiger partial charge is 0.497 e. The second-order valence-corrected chi connectivity index (χ2v) is 5.65. The summed E-state index contributed by atoms with van der Waals surface area (Å²) in [4.78, 5) is 20.4. The van der Waals surface area contributed by atoms with E-state index >= 15 is 0 Å². The van der Waals surface area contributed by atoms with Crippen LogP contribution < -0.4 is 15.4 Å². The summed E-state index contributed by atoms with van der Waals surface area (Å²) >= 11 is 0. The molecule has 0 saturated carbocycles. The molecular formula is C19H15F3N4O2. The van der Waals surface area contributed by atoms with E-state index in [2.05, 4.69) is 20.6 Å². The van der Waals surface area contributed by atoms with Crippen molar-refractivity contribution >= 4 is 23.2 Å². The maximum Gasteiger partial charge on any atom is 0.416 e. The molecule has 2 aromatic carbocycles. The minimum absolute atomic E-state index is 0.0815. The minimum atomic E-state index is -4.41. The van der Waals surface area contributed by atoms with Crippen LogP contribution >= 0.6 is 0 Å². The van der Waals surface area contributed by atoms with E-state index in [1.165, 1.54) is 31.5 Å². The van der Waals surface area contributed by atoms with Crippen LogP contribution in [-0.2, 0) is 6.18 Å². The number of alkyl halides is 3. The van der Waals surface area contributed by atoms with Crippen molar-refractivity contribution in [2.24, 2.45) is 0 Å². The first-order chi connectivity index (χ1) is 13.3. The Morgan fingerprint density at radius 1 is 1.04 bits per heavy atom. The smallest absolute Gasteiger partial charge is 0.416 e. The van der Waals surface area contributed by atoms with Crippen LogP contribution in [0.2, 0.25) is 0 Å². The second-order valence-electron chi connectivity index (χ2n) is 5.65. The SMILES string of the molecule is COc1cccc(NC(=O)c2ccnc(Nc3ccc(C(F)(F)F)cc3)n2)c1. The summed E-state index contributed by atoms with van der Waals surface area (Å²) in [7, 11) is 1.52. The summed E-state index contributed by atoms with van der Waals surface area (Å²) in [6.07, 6.45) is -3.03. The van der Waals surface area contributed by atoms with Crippen molar-refractivity contribution < 1.29 is 22.7 Å². The number of nitrogens with one attached hydrogen (secondary N) is 2. The molecule has 0 fully saturated rings. The standard InChI is InChI=1S/C19H15F3N4O2/c1-28-15-4-2-3-14(11-15)24-17(27)16-9-10-23-18(26-16)25-13-7-5-12(6-8-13)19(20,21)22/h2-11H,1H3,(H,24,27)(H,23,25,26). The zero-order chi connectivity index (χ0) is 20.1. The van der Waals surface area contributed by atoms with Gasteiger partial charge < -0.3 is 15.4 Å². The van der Waals surface area contributed by atoms with Crippen molar-refractivity contribution in [2.75, 3.05) is 17.7 Å². The Morgan fingerprint density at radius 2 is 1.79 bits per heavy atom. The number of benzene rings is 2. The summed E-state index contributed by atoms with van der Waals surface area (Å²) in [6.45, 7) is 0. The highest BCUT2D eigenvalue weighted by molar-refractivity contribution is 6.03. The molecule has 0 unspecified atom stereocenters. The fourth-order valence-corrected chi connectivity index (χ4v) is 2.31. The van der Waals surface area contributed by atoms with Crippen LogP contribution in [0.4, 0.5) is 30.5 Å². The van der Waals surface area contributed by atoms with Gasteiger partial charge in [0.05, 0.1) is 12.7 Å². The Kier molecular flexibility index (Phi) is 5.44. The number of carbonyl (C=O) groups excluding carboxylic acids is 1. The quantitative estimate of drug-likeness (QED) is 0.673. The van der Waals surface area contributed by atoms with Crippen LogP contribution in [0, 0.1) is 0 Å². The Balaban J connectivity index is 1.72. The van der Waals surface area contributed by atoms with Crippen LogP contribution in [0.5, 0.6) is 5.75 Å². The summed E-state index contributed by atoms with van der Waals surface area (Å²) in [5.74, 6) is 0.203. The molecule has 144 valence electrons. The van der Waals surface area contributed by atoms with Crippen molar-refractivity contribution in [3.63, 3.8) is 0 Å². The molecule has 0 spiro atoms. The van der Waals surface area contributed by atoms with Crippen LogP contribution in [0.1, 0.15) is 16.1 Å². The van der Waals surface area contributed by atoms with E-state index in [9.17, 15) is 18.0 Å². The molecular weight excluding hydrogens is 373 g/mol. The van der Waals surface area contributed by atoms with Crippen LogP contribution in [0.15, 0.2) is 60.8 Å². The summed E-state index contributed by atoms with van der Waals surface area (Å²) in [5, 5.41) is 5.46. The van der Waals surface area contributed by atoms with Gasteiger partial charge in [-0.3, -0.25) is 4.79 Å². The molecule has 0 bridgehead atoms. The van der Waals surface area contributed by atoms with E-state index in [0.717, 1.165) is 12.1 Å². The molecule has 2 N–H and O–H groups in total. The number of anilines is 3. The van der Waals surface area contributed by atoms with Gasteiger partial charge in [0, 0.05) is 23.6 Å². The molecule has 3 rings (SSSR count). The lowest BCUT2D eigenvalue weighted by molar-refractivity contribution is -0.137. The number of ether oxygens (including phenoxy) is 1. The van der Waals surface area contributed by atoms with Crippen LogP contribution in [-0.4, -0.2) is 23.0 Å². The van der Waals surface area contributed by atoms with Gasteiger partial charge in [-0.15, -0.1) is 0 Å². The predicted molar refractivity (Wildman–Crippen MR) is 97.7 cm³/mol. The molecule has 0 aliphatic rings. The highest BCUT2D eigenvalue weighted by Crippen LogP contribution is 2.30. The number of halogens is 3. The summed E-state index contributed by atoms with van der Waals surface area (Å²) in [6, 6.07) is 12.7. The molecule has 3 aromatic rings. The molecule has 0 radical (unpaired) electrons. The van der Waals surface area contributed by atoms with Crippen molar-refractivity contribution in [2.45, 2.75) is 6.18 Å². The average molecular weight is 388 g/mol. The third kappa shape index (κ3) is 4.76. The van der Waals surface area contributed by atoms with Gasteiger partial charge in [0.15, 0.2) is 0 Å². The van der Waals surface area contributed by atoms with Crippen molar-refractivity contribution in [1.82, 2.24) is 9.97 Å². The molecule has 0 saturated heterocycles. The van der Waals surface area contributed by atoms with Gasteiger partial charge >= 0.3 is 6.18 Å². The first-order valence-corrected chi connectivity index (χ1v) is 8.08. The number of carbonyl (C=O) groups is 1. The number of nitrogens with zero attached hydrogens (tertiary/aromatic N) is 2. The van der Waals surface area contributed by atoms with Crippen molar-refractivity contribution in [3.05, 3.63) is 72.1 Å². The average Bonchev–Trinajstić information content (AvgIpc) is 2.68. The molecule has 1 heterocycles. The molecule has 6 nitrogen and oxygen atoms in total. The Bertz CT molecular complexity index is 975. The third-order valence-corrected chi connectivity index (χ3v) is 3.68. The van der Waals surface area contributed by atoms with E-state index in [1.807, 2.05) is 0 Å². The number of hydrogen-bond acceptors (Lipinski definition) is 5. The van der Waals surface area contributed by atoms with E-state index in [-0.39, 0.29) is 11.6 Å². The van der Waals surface area contributed by atoms with Gasteiger partial charge in [0.25, 0.3) is 5.91 Å². The Labute approximate surface area is 158 Å². The molecule has 1 amide bonds. The summed E-state index contributed by atoms with van der Waals surface area (Å²) < 4.78 is 43.0. The van der Waals surface area contributed by atoms with Gasteiger partial charge in [-0.1, -0.05) is 6.07 Å². The highest BCUT2D eigenvalue weighted by Gasteiger charge is 2.29. The first kappa shape index (κ1) is 19.2. The molecule has 9 heteroatoms. The van der Waals surface area contributed by atoms with Gasteiger partial charge in [0.1, 0.15) is 11.4 Å². The number of aromatic nitrogens is 2. The molecule has 0 atom stereocenters. The summed E-state index contributed by atoms with van der Waals surface area (Å²) in [5.41, 5.74) is 0.219. The Hall–Kier alpha value is -3.62. The molecule has 0 aliphatic carbocycles. The Morgan fingerprint density at radius 3 is 2.46 bits per heavy atom. The van der Waals surface area contributed by atoms with Crippen LogP contribution in [0.3, 0.4) is 0 Å². The van der Waals surface area contributed by atoms with Gasteiger partial charge in [0.2, 0.25) is 5.95 Å². The number of rotatable bonds is 5. The maximum absolute atomic E-state index is 12.6. The van der Waals surface area contributed by atoms with Gasteiger partial charge in [-0.2, -0.15) is 13.2 Å². The maximum atomic E-state index is 12.6. The lowest BCUT2D eigenvalue weighted by atomic mass is 10.2. The van der Waals surface area contributed by atoms with E-state index in [4.69, 9.17) is 4.74 Å². The van der Waals surface area contributed by atoms with E-state index < -0.39 is 17.6 Å². The molecule has 28 heavy (non-hydrogen) atoms. The zero-order valence-electron chi connectivity index (χ0n) is 14.6. The molecule has 1 aromatic heterocycles. The highest BCUT2D eigenvalue weighted by atomic mass is 19.4. The first-order valence-electron chi connectivity index (χ1n) is 8.08. The lowest BCUT2D eigenvalue weighted by Gasteiger charge is -2.10. The van der Waals surface area contributed by atoms with Crippen molar-refractivity contribution in [3.8, 4) is 5.75 Å². The fraction of sp³-hybridized carbons (Fsp3) is 0.105. The molecule has 0 aliphatic heterocycles. The van der Waals surface area contributed by atoms with Crippen molar-refractivity contribution in [1.29, 1.82) is 0 Å². The van der Waals surface area contributed by atoms with Gasteiger partial charge in [-0.05, 0) is 42.5 Å². The number of hydrogen-bond donors (Lipinski definition) is 2. The fourth-order valence-electron chi connectivity index (χ4n) is 2.31. The minimum Gasteiger partial charge on any atom is -0.497 e. The predicted octanol–water partition coefficient (Wildman–Crippen LogP) is 4.50.